The Morgan fingerprint density at radius 1 is 0.895 bits per heavy atom. The summed E-state index contributed by atoms with van der Waals surface area (Å²) in [6, 6.07) is 0. The Morgan fingerprint density at radius 2 is 1.32 bits per heavy atom. The van der Waals surface area contributed by atoms with Crippen LogP contribution in [0.3, 0.4) is 0 Å². The van der Waals surface area contributed by atoms with Crippen molar-refractivity contribution < 1.29 is 28.6 Å². The molecule has 6 nitrogen and oxygen atoms in total. The second-order valence-electron chi connectivity index (χ2n) is 3.58. The van der Waals surface area contributed by atoms with Gasteiger partial charge < -0.3 is 14.2 Å². The van der Waals surface area contributed by atoms with Crippen molar-refractivity contribution in [2.75, 3.05) is 19.8 Å². The van der Waals surface area contributed by atoms with Gasteiger partial charge in [-0.2, -0.15) is 0 Å². The fourth-order valence-corrected chi connectivity index (χ4v) is 1.31. The summed E-state index contributed by atoms with van der Waals surface area (Å²) in [5.41, 5.74) is 0.0351. The predicted octanol–water partition coefficient (Wildman–Crippen LogP) is 1.24. The van der Waals surface area contributed by atoms with E-state index in [2.05, 4.69) is 6.58 Å². The van der Waals surface area contributed by atoms with Crippen LogP contribution in [0.2, 0.25) is 0 Å². The van der Waals surface area contributed by atoms with Gasteiger partial charge in [-0.1, -0.05) is 6.58 Å². The molecule has 108 valence electrons. The summed E-state index contributed by atoms with van der Waals surface area (Å²) in [5.74, 6) is -3.28. The van der Waals surface area contributed by atoms with E-state index in [4.69, 9.17) is 14.2 Å². The van der Waals surface area contributed by atoms with Crippen molar-refractivity contribution in [3.63, 3.8) is 0 Å². The van der Waals surface area contributed by atoms with E-state index in [-0.39, 0.29) is 31.8 Å². The second-order valence-corrected chi connectivity index (χ2v) is 3.58. The molecule has 0 heterocycles. The van der Waals surface area contributed by atoms with Crippen molar-refractivity contribution in [3.8, 4) is 0 Å². The molecule has 0 aromatic rings. The molecular formula is C13H20O6. The van der Waals surface area contributed by atoms with Gasteiger partial charge in [0.25, 0.3) is 0 Å². The van der Waals surface area contributed by atoms with Crippen LogP contribution < -0.4 is 0 Å². The molecule has 0 amide bonds. The fraction of sp³-hybridized carbons (Fsp3) is 0.615. The van der Waals surface area contributed by atoms with Crippen LogP contribution in [0.4, 0.5) is 0 Å². The van der Waals surface area contributed by atoms with Gasteiger partial charge in [0.1, 0.15) is 0 Å². The normalized spacial score (nSPS) is 9.89. The van der Waals surface area contributed by atoms with Gasteiger partial charge in [-0.05, 0) is 20.8 Å². The summed E-state index contributed by atoms with van der Waals surface area (Å²) in [7, 11) is 0. The average Bonchev–Trinajstić information content (AvgIpc) is 2.36. The van der Waals surface area contributed by atoms with E-state index in [1.807, 2.05) is 0 Å². The molecule has 0 aliphatic heterocycles. The van der Waals surface area contributed by atoms with Gasteiger partial charge in [-0.3, -0.25) is 9.59 Å². The van der Waals surface area contributed by atoms with E-state index in [1.165, 1.54) is 0 Å². The molecular weight excluding hydrogens is 252 g/mol. The fourth-order valence-electron chi connectivity index (χ4n) is 1.31. The summed E-state index contributed by atoms with van der Waals surface area (Å²) >= 11 is 0. The first-order chi connectivity index (χ1) is 8.97. The quantitative estimate of drug-likeness (QED) is 0.286. The Hall–Kier alpha value is -1.85. The van der Waals surface area contributed by atoms with Gasteiger partial charge in [0.15, 0.2) is 5.92 Å². The van der Waals surface area contributed by atoms with Gasteiger partial charge in [0, 0.05) is 12.0 Å². The van der Waals surface area contributed by atoms with Crippen molar-refractivity contribution in [1.82, 2.24) is 0 Å². The number of esters is 3. The average molecular weight is 272 g/mol. The molecule has 0 aromatic carbocycles. The minimum atomic E-state index is -1.18. The number of ether oxygens (including phenoxy) is 3. The van der Waals surface area contributed by atoms with Crippen LogP contribution in [0.15, 0.2) is 12.2 Å². The maximum atomic E-state index is 11.7. The number of carbonyl (C=O) groups excluding carboxylic acids is 3. The Labute approximate surface area is 112 Å². The lowest BCUT2D eigenvalue weighted by Crippen LogP contribution is -2.29. The smallest absolute Gasteiger partial charge is 0.333 e. The van der Waals surface area contributed by atoms with E-state index in [0.29, 0.717) is 0 Å². The zero-order valence-electron chi connectivity index (χ0n) is 11.6. The molecule has 0 aromatic heterocycles. The third-order valence-corrected chi connectivity index (χ3v) is 2.16. The molecule has 0 saturated carbocycles. The van der Waals surface area contributed by atoms with E-state index in [9.17, 15) is 14.4 Å². The molecule has 0 spiro atoms. The summed E-state index contributed by atoms with van der Waals surface area (Å²) in [6.45, 7) is 8.89. The summed E-state index contributed by atoms with van der Waals surface area (Å²) in [6.07, 6.45) is -0.170. The lowest BCUT2D eigenvalue weighted by Gasteiger charge is -2.14. The maximum absolute atomic E-state index is 11.7. The number of rotatable bonds is 8. The molecule has 0 atom stereocenters. The van der Waals surface area contributed by atoms with Crippen molar-refractivity contribution in [2.45, 2.75) is 27.2 Å². The molecule has 0 unspecified atom stereocenters. The number of carbonyl (C=O) groups is 3. The molecule has 6 heteroatoms. The third kappa shape index (κ3) is 6.03. The Morgan fingerprint density at radius 3 is 1.68 bits per heavy atom. The van der Waals surface area contributed by atoms with Gasteiger partial charge in [-0.15, -0.1) is 0 Å². The zero-order chi connectivity index (χ0) is 14.8. The highest BCUT2D eigenvalue weighted by atomic mass is 16.6. The van der Waals surface area contributed by atoms with Crippen molar-refractivity contribution in [1.29, 1.82) is 0 Å². The molecule has 0 rings (SSSR count). The lowest BCUT2D eigenvalue weighted by atomic mass is 10.0. The van der Waals surface area contributed by atoms with Gasteiger partial charge in [0.05, 0.1) is 19.8 Å². The van der Waals surface area contributed by atoms with Crippen LogP contribution in [0.5, 0.6) is 0 Å². The molecule has 0 aliphatic rings. The first-order valence-corrected chi connectivity index (χ1v) is 6.15. The highest BCUT2D eigenvalue weighted by molar-refractivity contribution is 5.97. The third-order valence-electron chi connectivity index (χ3n) is 2.16. The first kappa shape index (κ1) is 17.2. The highest BCUT2D eigenvalue weighted by Crippen LogP contribution is 2.16. The standard InChI is InChI=1S/C13H20O6/c1-5-17-11(14)9(4)8-10(12(15)18-6-2)13(16)19-7-3/h10H,4-8H2,1-3H3. The highest BCUT2D eigenvalue weighted by Gasteiger charge is 2.31. The Bertz CT molecular complexity index is 329. The largest absolute Gasteiger partial charge is 0.465 e. The van der Waals surface area contributed by atoms with Gasteiger partial charge in [0.2, 0.25) is 0 Å². The number of hydrogen-bond acceptors (Lipinski definition) is 6. The molecule has 0 saturated heterocycles. The van der Waals surface area contributed by atoms with Crippen molar-refractivity contribution in [3.05, 3.63) is 12.2 Å². The van der Waals surface area contributed by atoms with E-state index >= 15 is 0 Å². The number of hydrogen-bond donors (Lipinski definition) is 0. The van der Waals surface area contributed by atoms with Crippen molar-refractivity contribution in [2.24, 2.45) is 5.92 Å². The summed E-state index contributed by atoms with van der Waals surface area (Å²) < 4.78 is 14.3. The molecule has 19 heavy (non-hydrogen) atoms. The predicted molar refractivity (Wildman–Crippen MR) is 67.1 cm³/mol. The molecule has 0 radical (unpaired) electrons. The Balaban J connectivity index is 4.75. The SMILES string of the molecule is C=C(CC(C(=O)OCC)C(=O)OCC)C(=O)OCC. The topological polar surface area (TPSA) is 78.9 Å². The van der Waals surface area contributed by atoms with Gasteiger partial charge in [-0.25, -0.2) is 4.79 Å². The minimum absolute atomic E-state index is 0.0351. The van der Waals surface area contributed by atoms with Crippen LogP contribution >= 0.6 is 0 Å². The monoisotopic (exact) mass is 272 g/mol. The summed E-state index contributed by atoms with van der Waals surface area (Å²) in [5, 5.41) is 0. The molecule has 0 aliphatic carbocycles. The van der Waals surface area contributed by atoms with Crippen LogP contribution in [0.25, 0.3) is 0 Å². The van der Waals surface area contributed by atoms with E-state index < -0.39 is 23.8 Å². The van der Waals surface area contributed by atoms with Crippen LogP contribution in [-0.4, -0.2) is 37.7 Å². The van der Waals surface area contributed by atoms with Crippen LogP contribution in [-0.2, 0) is 28.6 Å². The van der Waals surface area contributed by atoms with E-state index in [1.54, 1.807) is 20.8 Å². The van der Waals surface area contributed by atoms with Crippen molar-refractivity contribution >= 4 is 17.9 Å². The Kier molecular flexibility index (Phi) is 8.24. The molecule has 0 N–H and O–H groups in total. The van der Waals surface area contributed by atoms with Gasteiger partial charge >= 0.3 is 17.9 Å². The maximum Gasteiger partial charge on any atom is 0.333 e. The zero-order valence-corrected chi connectivity index (χ0v) is 11.6. The first-order valence-electron chi connectivity index (χ1n) is 6.15. The molecule has 0 fully saturated rings. The van der Waals surface area contributed by atoms with Crippen LogP contribution in [0, 0.1) is 5.92 Å². The van der Waals surface area contributed by atoms with Crippen LogP contribution in [0.1, 0.15) is 27.2 Å². The van der Waals surface area contributed by atoms with E-state index in [0.717, 1.165) is 0 Å². The summed E-state index contributed by atoms with van der Waals surface area (Å²) in [4.78, 5) is 34.7. The minimum Gasteiger partial charge on any atom is -0.465 e. The lowest BCUT2D eigenvalue weighted by molar-refractivity contribution is -0.161. The molecule has 0 bridgehead atoms. The second kappa shape index (κ2) is 9.13.